The number of nitrogens with zero attached hydrogens (tertiary/aromatic N) is 2. The Balaban J connectivity index is 2.45. The molecule has 1 saturated heterocycles. The van der Waals surface area contributed by atoms with Gasteiger partial charge in [0.15, 0.2) is 0 Å². The van der Waals surface area contributed by atoms with Crippen molar-refractivity contribution in [2.45, 2.75) is 45.6 Å². The maximum atomic E-state index is 12.2. The Hall–Kier alpha value is -1.10. The van der Waals surface area contributed by atoms with E-state index >= 15 is 0 Å². The van der Waals surface area contributed by atoms with E-state index in [1.165, 1.54) is 0 Å². The van der Waals surface area contributed by atoms with Gasteiger partial charge in [-0.1, -0.05) is 13.8 Å². The van der Waals surface area contributed by atoms with Crippen molar-refractivity contribution in [1.82, 2.24) is 9.80 Å². The summed E-state index contributed by atoms with van der Waals surface area (Å²) in [6, 6.07) is 0.552. The first-order valence-electron chi connectivity index (χ1n) is 6.87. The average molecular weight is 270 g/mol. The summed E-state index contributed by atoms with van der Waals surface area (Å²) in [5.41, 5.74) is -0.471. The molecule has 0 aromatic heterocycles. The Morgan fingerprint density at radius 1 is 1.21 bits per heavy atom. The number of rotatable bonds is 5. The van der Waals surface area contributed by atoms with Gasteiger partial charge in [0.05, 0.1) is 6.42 Å². The summed E-state index contributed by atoms with van der Waals surface area (Å²) in [5.74, 6) is -0.757. The van der Waals surface area contributed by atoms with Crippen LogP contribution in [0.4, 0.5) is 0 Å². The molecule has 1 fully saturated rings. The van der Waals surface area contributed by atoms with Gasteiger partial charge in [-0.15, -0.1) is 0 Å². The average Bonchev–Trinajstić information content (AvgIpc) is 2.26. The van der Waals surface area contributed by atoms with Gasteiger partial charge in [-0.25, -0.2) is 0 Å². The molecule has 1 N–H and O–H groups in total. The van der Waals surface area contributed by atoms with Crippen molar-refractivity contribution in [3.63, 3.8) is 0 Å². The van der Waals surface area contributed by atoms with Crippen LogP contribution in [-0.4, -0.2) is 60.0 Å². The number of hydrogen-bond donors (Lipinski definition) is 1. The monoisotopic (exact) mass is 270 g/mol. The molecule has 0 saturated carbocycles. The molecular weight excluding hydrogens is 244 g/mol. The van der Waals surface area contributed by atoms with E-state index in [0.29, 0.717) is 12.5 Å². The van der Waals surface area contributed by atoms with E-state index in [9.17, 15) is 9.59 Å². The first-order chi connectivity index (χ1) is 8.71. The van der Waals surface area contributed by atoms with Crippen LogP contribution in [0, 0.1) is 5.41 Å². The van der Waals surface area contributed by atoms with Crippen LogP contribution in [0.5, 0.6) is 0 Å². The third-order valence-corrected chi connectivity index (χ3v) is 3.81. The number of carbonyl (C=O) groups excluding carboxylic acids is 1. The van der Waals surface area contributed by atoms with Gasteiger partial charge in [0.25, 0.3) is 0 Å². The molecule has 0 radical (unpaired) electrons. The van der Waals surface area contributed by atoms with Crippen molar-refractivity contribution in [3.05, 3.63) is 0 Å². The largest absolute Gasteiger partial charge is 0.481 e. The molecule has 19 heavy (non-hydrogen) atoms. The van der Waals surface area contributed by atoms with E-state index in [4.69, 9.17) is 5.11 Å². The minimum atomic E-state index is -0.843. The smallest absolute Gasteiger partial charge is 0.303 e. The first kappa shape index (κ1) is 16.0. The maximum absolute atomic E-state index is 12.2. The molecular formula is C14H26N2O3. The second kappa shape index (κ2) is 6.37. The van der Waals surface area contributed by atoms with E-state index < -0.39 is 11.4 Å². The topological polar surface area (TPSA) is 60.9 Å². The summed E-state index contributed by atoms with van der Waals surface area (Å²) in [7, 11) is 4.14. The molecule has 0 spiro atoms. The van der Waals surface area contributed by atoms with Crippen LogP contribution in [0.3, 0.4) is 0 Å². The summed E-state index contributed by atoms with van der Waals surface area (Å²) in [4.78, 5) is 27.0. The summed E-state index contributed by atoms with van der Waals surface area (Å²) < 4.78 is 0. The van der Waals surface area contributed by atoms with Gasteiger partial charge < -0.3 is 14.9 Å². The summed E-state index contributed by atoms with van der Waals surface area (Å²) in [6.07, 6.45) is 2.34. The van der Waals surface area contributed by atoms with Crippen LogP contribution in [0.1, 0.15) is 39.5 Å². The lowest BCUT2D eigenvalue weighted by molar-refractivity contribution is -0.141. The minimum absolute atomic E-state index is 0.0346. The number of amides is 1. The lowest BCUT2D eigenvalue weighted by Gasteiger charge is -2.36. The van der Waals surface area contributed by atoms with Crippen LogP contribution in [0.15, 0.2) is 0 Å². The Morgan fingerprint density at radius 3 is 2.16 bits per heavy atom. The Bertz CT molecular complexity index is 332. The molecule has 1 amide bonds. The van der Waals surface area contributed by atoms with Crippen molar-refractivity contribution in [1.29, 1.82) is 0 Å². The quantitative estimate of drug-likeness (QED) is 0.821. The molecule has 1 rings (SSSR count). The van der Waals surface area contributed by atoms with Gasteiger partial charge in [-0.05, 0) is 32.4 Å². The van der Waals surface area contributed by atoms with Crippen molar-refractivity contribution in [3.8, 4) is 0 Å². The SMILES string of the molecule is CN(C)C1CCN(C(=O)CC(C)(C)CC(=O)O)CC1. The summed E-state index contributed by atoms with van der Waals surface area (Å²) in [6.45, 7) is 5.24. The predicted octanol–water partition coefficient (Wildman–Crippen LogP) is 1.43. The predicted molar refractivity (Wildman–Crippen MR) is 73.9 cm³/mol. The van der Waals surface area contributed by atoms with Crippen molar-refractivity contribution < 1.29 is 14.7 Å². The Labute approximate surface area is 115 Å². The molecule has 5 nitrogen and oxygen atoms in total. The minimum Gasteiger partial charge on any atom is -0.481 e. The molecule has 0 unspecified atom stereocenters. The number of carboxylic acids is 1. The summed E-state index contributed by atoms with van der Waals surface area (Å²) in [5, 5.41) is 8.84. The van der Waals surface area contributed by atoms with Gasteiger partial charge in [-0.3, -0.25) is 9.59 Å². The van der Waals surface area contributed by atoms with Crippen LogP contribution >= 0.6 is 0 Å². The highest BCUT2D eigenvalue weighted by molar-refractivity contribution is 5.78. The van der Waals surface area contributed by atoms with Gasteiger partial charge in [-0.2, -0.15) is 0 Å². The van der Waals surface area contributed by atoms with Gasteiger partial charge in [0.2, 0.25) is 5.91 Å². The zero-order valence-corrected chi connectivity index (χ0v) is 12.5. The zero-order valence-electron chi connectivity index (χ0n) is 12.5. The van der Waals surface area contributed by atoms with Crippen LogP contribution in [-0.2, 0) is 9.59 Å². The molecule has 1 aliphatic heterocycles. The fraction of sp³-hybridized carbons (Fsp3) is 0.857. The van der Waals surface area contributed by atoms with Gasteiger partial charge in [0, 0.05) is 25.6 Å². The molecule has 1 aliphatic rings. The Morgan fingerprint density at radius 2 is 1.74 bits per heavy atom. The van der Waals surface area contributed by atoms with E-state index in [2.05, 4.69) is 19.0 Å². The fourth-order valence-electron chi connectivity index (χ4n) is 2.62. The van der Waals surface area contributed by atoms with Crippen molar-refractivity contribution in [2.75, 3.05) is 27.2 Å². The Kier molecular flexibility index (Phi) is 5.35. The molecule has 0 aliphatic carbocycles. The van der Waals surface area contributed by atoms with E-state index in [1.54, 1.807) is 0 Å². The van der Waals surface area contributed by atoms with Crippen LogP contribution < -0.4 is 0 Å². The number of aliphatic carboxylic acids is 1. The number of carboxylic acid groups (broad SMARTS) is 1. The third-order valence-electron chi connectivity index (χ3n) is 3.81. The van der Waals surface area contributed by atoms with E-state index in [-0.39, 0.29) is 12.3 Å². The number of carbonyl (C=O) groups is 2. The van der Waals surface area contributed by atoms with E-state index in [1.807, 2.05) is 18.7 Å². The van der Waals surface area contributed by atoms with E-state index in [0.717, 1.165) is 25.9 Å². The molecule has 0 aromatic carbocycles. The second-order valence-corrected chi connectivity index (χ2v) is 6.49. The molecule has 1 heterocycles. The molecule has 110 valence electrons. The number of piperidine rings is 1. The summed E-state index contributed by atoms with van der Waals surface area (Å²) >= 11 is 0. The highest BCUT2D eigenvalue weighted by Crippen LogP contribution is 2.27. The van der Waals surface area contributed by atoms with Gasteiger partial charge >= 0.3 is 5.97 Å². The van der Waals surface area contributed by atoms with Crippen LogP contribution in [0.2, 0.25) is 0 Å². The fourth-order valence-corrected chi connectivity index (χ4v) is 2.62. The maximum Gasteiger partial charge on any atom is 0.303 e. The highest BCUT2D eigenvalue weighted by atomic mass is 16.4. The molecule has 0 atom stereocenters. The molecule has 5 heteroatoms. The van der Waals surface area contributed by atoms with Crippen LogP contribution in [0.25, 0.3) is 0 Å². The molecule has 0 aromatic rings. The van der Waals surface area contributed by atoms with Gasteiger partial charge in [0.1, 0.15) is 0 Å². The zero-order chi connectivity index (χ0) is 14.6. The standard InChI is InChI=1S/C14H26N2O3/c1-14(2,10-13(18)19)9-12(17)16-7-5-11(6-8-16)15(3)4/h11H,5-10H2,1-4H3,(H,18,19). The second-order valence-electron chi connectivity index (χ2n) is 6.49. The number of hydrogen-bond acceptors (Lipinski definition) is 3. The third kappa shape index (κ3) is 5.19. The van der Waals surface area contributed by atoms with Crippen molar-refractivity contribution in [2.24, 2.45) is 5.41 Å². The lowest BCUT2D eigenvalue weighted by atomic mass is 9.85. The normalized spacial score (nSPS) is 17.8. The molecule has 0 bridgehead atoms. The number of likely N-dealkylation sites (tertiary alicyclic amines) is 1. The lowest BCUT2D eigenvalue weighted by Crippen LogP contribution is -2.45. The highest BCUT2D eigenvalue weighted by Gasteiger charge is 2.30. The first-order valence-corrected chi connectivity index (χ1v) is 6.87. The van der Waals surface area contributed by atoms with Crippen molar-refractivity contribution >= 4 is 11.9 Å².